The number of phenolic OH excluding ortho intramolecular Hbond substituents is 1. The molecule has 1 amide bonds. The van der Waals surface area contributed by atoms with Gasteiger partial charge in [0.1, 0.15) is 5.75 Å². The van der Waals surface area contributed by atoms with Crippen LogP contribution in [0.3, 0.4) is 0 Å². The molecule has 1 aromatic heterocycles. The fourth-order valence-corrected chi connectivity index (χ4v) is 3.41. The topological polar surface area (TPSA) is 78.0 Å². The molecule has 1 heterocycles. The van der Waals surface area contributed by atoms with Crippen molar-refractivity contribution in [3.05, 3.63) is 108 Å². The Morgan fingerprint density at radius 3 is 2.45 bits per heavy atom. The van der Waals surface area contributed by atoms with Gasteiger partial charge in [0.25, 0.3) is 0 Å². The van der Waals surface area contributed by atoms with Gasteiger partial charge in [-0.25, -0.2) is 4.98 Å². The molecule has 3 aromatic carbocycles. The van der Waals surface area contributed by atoms with Crippen molar-refractivity contribution in [1.82, 2.24) is 15.3 Å². The lowest BCUT2D eigenvalue weighted by atomic mass is 9.94. The number of phenols is 1. The third kappa shape index (κ3) is 5.28. The average Bonchev–Trinajstić information content (AvgIpc) is 3.31. The first-order valence-electron chi connectivity index (χ1n) is 10.1. The number of aromatic hydroxyl groups is 1. The summed E-state index contributed by atoms with van der Waals surface area (Å²) in [5.74, 6) is 0.195. The molecule has 5 nitrogen and oxygen atoms in total. The van der Waals surface area contributed by atoms with E-state index >= 15 is 0 Å². The lowest BCUT2D eigenvalue weighted by Gasteiger charge is -2.13. The Balaban J connectivity index is 1.54. The van der Waals surface area contributed by atoms with Gasteiger partial charge in [-0.3, -0.25) is 4.79 Å². The van der Waals surface area contributed by atoms with Gasteiger partial charge >= 0.3 is 0 Å². The predicted octanol–water partition coefficient (Wildman–Crippen LogP) is 4.81. The Kier molecular flexibility index (Phi) is 6.24. The number of aromatic amines is 1. The van der Waals surface area contributed by atoms with E-state index in [4.69, 9.17) is 0 Å². The molecular weight excluding hydrogens is 386 g/mol. The first-order valence-corrected chi connectivity index (χ1v) is 10.1. The SMILES string of the molecule is O=C(Cc1cnc[nH]1)NCc1ccccc1-c1ccccc1C=Cc1ccc(O)cc1. The number of imidazole rings is 1. The maximum atomic E-state index is 12.3. The van der Waals surface area contributed by atoms with E-state index in [1.807, 2.05) is 48.5 Å². The highest BCUT2D eigenvalue weighted by Gasteiger charge is 2.10. The number of aromatic nitrogens is 2. The minimum Gasteiger partial charge on any atom is -0.508 e. The van der Waals surface area contributed by atoms with Crippen LogP contribution in [0.25, 0.3) is 23.3 Å². The number of rotatable bonds is 7. The largest absolute Gasteiger partial charge is 0.508 e. The minimum atomic E-state index is -0.0560. The Morgan fingerprint density at radius 2 is 1.68 bits per heavy atom. The van der Waals surface area contributed by atoms with E-state index in [2.05, 4.69) is 39.6 Å². The third-order valence-electron chi connectivity index (χ3n) is 5.00. The predicted molar refractivity (Wildman–Crippen MR) is 123 cm³/mol. The van der Waals surface area contributed by atoms with E-state index in [-0.39, 0.29) is 18.1 Å². The van der Waals surface area contributed by atoms with Crippen molar-refractivity contribution < 1.29 is 9.90 Å². The number of hydrogen-bond donors (Lipinski definition) is 3. The monoisotopic (exact) mass is 409 g/mol. The second kappa shape index (κ2) is 9.59. The molecule has 0 saturated carbocycles. The molecule has 0 fully saturated rings. The Morgan fingerprint density at radius 1 is 0.935 bits per heavy atom. The fourth-order valence-electron chi connectivity index (χ4n) is 3.41. The van der Waals surface area contributed by atoms with E-state index in [9.17, 15) is 9.90 Å². The lowest BCUT2D eigenvalue weighted by Crippen LogP contribution is -2.25. The van der Waals surface area contributed by atoms with Crippen LogP contribution >= 0.6 is 0 Å². The molecule has 4 aromatic rings. The summed E-state index contributed by atoms with van der Waals surface area (Å²) in [6, 6.07) is 23.4. The molecule has 0 spiro atoms. The molecule has 0 saturated heterocycles. The summed E-state index contributed by atoms with van der Waals surface area (Å²) in [7, 11) is 0. The molecule has 4 rings (SSSR count). The Labute approximate surface area is 181 Å². The van der Waals surface area contributed by atoms with Gasteiger partial charge in [-0.2, -0.15) is 0 Å². The third-order valence-corrected chi connectivity index (χ3v) is 5.00. The highest BCUT2D eigenvalue weighted by Crippen LogP contribution is 2.28. The van der Waals surface area contributed by atoms with Gasteiger partial charge in [-0.1, -0.05) is 72.8 Å². The zero-order valence-electron chi connectivity index (χ0n) is 17.0. The summed E-state index contributed by atoms with van der Waals surface area (Å²) in [6.07, 6.45) is 7.58. The zero-order chi connectivity index (χ0) is 21.5. The zero-order valence-corrected chi connectivity index (χ0v) is 17.0. The van der Waals surface area contributed by atoms with E-state index in [1.54, 1.807) is 24.7 Å². The number of H-pyrrole nitrogens is 1. The molecule has 0 aliphatic rings. The first kappa shape index (κ1) is 20.2. The summed E-state index contributed by atoms with van der Waals surface area (Å²) in [6.45, 7) is 0.444. The molecule has 3 N–H and O–H groups in total. The van der Waals surface area contributed by atoms with Gasteiger partial charge in [0.05, 0.1) is 12.7 Å². The molecule has 31 heavy (non-hydrogen) atoms. The molecule has 0 unspecified atom stereocenters. The van der Waals surface area contributed by atoms with Crippen molar-refractivity contribution in [3.8, 4) is 16.9 Å². The van der Waals surface area contributed by atoms with Gasteiger partial charge in [0.2, 0.25) is 5.91 Å². The van der Waals surface area contributed by atoms with Gasteiger partial charge in [-0.05, 0) is 39.9 Å². The summed E-state index contributed by atoms with van der Waals surface area (Å²) < 4.78 is 0. The summed E-state index contributed by atoms with van der Waals surface area (Å²) >= 11 is 0. The number of nitrogens with one attached hydrogen (secondary N) is 2. The average molecular weight is 409 g/mol. The van der Waals surface area contributed by atoms with Crippen molar-refractivity contribution in [3.63, 3.8) is 0 Å². The summed E-state index contributed by atoms with van der Waals surface area (Å²) in [4.78, 5) is 19.2. The lowest BCUT2D eigenvalue weighted by molar-refractivity contribution is -0.120. The van der Waals surface area contributed by atoms with Crippen LogP contribution < -0.4 is 5.32 Å². The van der Waals surface area contributed by atoms with Crippen LogP contribution in [-0.2, 0) is 17.8 Å². The normalized spacial score (nSPS) is 11.0. The van der Waals surface area contributed by atoms with Crippen LogP contribution in [0.2, 0.25) is 0 Å². The van der Waals surface area contributed by atoms with Gasteiger partial charge in [0, 0.05) is 18.4 Å². The number of carbonyl (C=O) groups excluding carboxylic acids is 1. The molecule has 0 bridgehead atoms. The number of carbonyl (C=O) groups is 1. The van der Waals surface area contributed by atoms with Crippen LogP contribution in [0.5, 0.6) is 5.75 Å². The second-order valence-electron chi connectivity index (χ2n) is 7.20. The van der Waals surface area contributed by atoms with E-state index in [0.29, 0.717) is 6.54 Å². The van der Waals surface area contributed by atoms with E-state index in [1.165, 1.54) is 0 Å². The second-order valence-corrected chi connectivity index (χ2v) is 7.20. The van der Waals surface area contributed by atoms with Crippen molar-refractivity contribution in [2.75, 3.05) is 0 Å². The van der Waals surface area contributed by atoms with Crippen molar-refractivity contribution in [2.24, 2.45) is 0 Å². The molecule has 154 valence electrons. The van der Waals surface area contributed by atoms with Gasteiger partial charge in [0.15, 0.2) is 0 Å². The molecule has 0 aliphatic carbocycles. The molecular formula is C26H23N3O2. The van der Waals surface area contributed by atoms with Crippen LogP contribution in [-0.4, -0.2) is 21.0 Å². The van der Waals surface area contributed by atoms with Crippen LogP contribution in [0.1, 0.15) is 22.4 Å². The molecule has 0 radical (unpaired) electrons. The standard InChI is InChI=1S/C26H23N3O2/c30-23-13-10-19(11-14-23)9-12-20-5-1-3-7-24(20)25-8-4-2-6-21(25)16-28-26(31)15-22-17-27-18-29-22/h1-14,17-18,30H,15-16H2,(H,27,29)(H,28,31). The van der Waals surface area contributed by atoms with E-state index in [0.717, 1.165) is 33.5 Å². The van der Waals surface area contributed by atoms with Crippen molar-refractivity contribution in [2.45, 2.75) is 13.0 Å². The molecule has 5 heteroatoms. The smallest absolute Gasteiger partial charge is 0.226 e. The highest BCUT2D eigenvalue weighted by molar-refractivity contribution is 5.83. The molecule has 0 aliphatic heterocycles. The van der Waals surface area contributed by atoms with Crippen molar-refractivity contribution >= 4 is 18.1 Å². The van der Waals surface area contributed by atoms with E-state index < -0.39 is 0 Å². The number of amides is 1. The summed E-state index contributed by atoms with van der Waals surface area (Å²) in [5.41, 5.74) is 6.09. The van der Waals surface area contributed by atoms with Gasteiger partial charge in [-0.15, -0.1) is 0 Å². The van der Waals surface area contributed by atoms with Gasteiger partial charge < -0.3 is 15.4 Å². The number of benzene rings is 3. The van der Waals surface area contributed by atoms with Crippen molar-refractivity contribution in [1.29, 1.82) is 0 Å². The molecule has 0 atom stereocenters. The maximum absolute atomic E-state index is 12.3. The van der Waals surface area contributed by atoms with Crippen LogP contribution in [0.15, 0.2) is 85.3 Å². The maximum Gasteiger partial charge on any atom is 0.226 e. The number of nitrogens with zero attached hydrogens (tertiary/aromatic N) is 1. The highest BCUT2D eigenvalue weighted by atomic mass is 16.3. The Hall–Kier alpha value is -4.12. The first-order chi connectivity index (χ1) is 15.2. The minimum absolute atomic E-state index is 0.0560. The van der Waals surface area contributed by atoms with Crippen LogP contribution in [0, 0.1) is 0 Å². The summed E-state index contributed by atoms with van der Waals surface area (Å²) in [5, 5.41) is 12.5. The Bertz CT molecular complexity index is 1180. The van der Waals surface area contributed by atoms with Crippen LogP contribution in [0.4, 0.5) is 0 Å². The number of hydrogen-bond acceptors (Lipinski definition) is 3. The quantitative estimate of drug-likeness (QED) is 0.383. The fraction of sp³-hybridized carbons (Fsp3) is 0.0769.